The molecule has 0 aliphatic carbocycles. The van der Waals surface area contributed by atoms with Gasteiger partial charge in [0.25, 0.3) is 0 Å². The van der Waals surface area contributed by atoms with E-state index in [1.807, 2.05) is 19.3 Å². The Kier molecular flexibility index (Phi) is 4.92. The van der Waals surface area contributed by atoms with Crippen LogP contribution < -0.4 is 0 Å². The quantitative estimate of drug-likeness (QED) is 0.534. The number of nitrogens with zero attached hydrogens (tertiary/aromatic N) is 4. The SMILES string of the molecule is Cc1nnc(-c2cccc(-c3ccc(-c4nccn4CCCO)s3)c2)s1. The Labute approximate surface area is 159 Å². The molecule has 0 bridgehead atoms. The summed E-state index contributed by atoms with van der Waals surface area (Å²) < 4.78 is 2.09. The molecule has 1 N–H and O–H groups in total. The fraction of sp³-hybridized carbons (Fsp3) is 0.211. The molecule has 3 aromatic heterocycles. The van der Waals surface area contributed by atoms with Crippen LogP contribution in [0.4, 0.5) is 0 Å². The minimum atomic E-state index is 0.186. The van der Waals surface area contributed by atoms with Crippen molar-refractivity contribution in [2.24, 2.45) is 0 Å². The Morgan fingerprint density at radius 3 is 2.69 bits per heavy atom. The summed E-state index contributed by atoms with van der Waals surface area (Å²) >= 11 is 3.33. The van der Waals surface area contributed by atoms with E-state index in [1.54, 1.807) is 22.7 Å². The second kappa shape index (κ2) is 7.49. The standard InChI is InChI=1S/C19H18N4OS2/c1-13-21-22-19(25-13)15-5-2-4-14(12-15)16-6-7-17(26-16)18-20-8-10-23(18)9-3-11-24/h2,4-8,10,12,24H,3,9,11H2,1H3. The van der Waals surface area contributed by atoms with E-state index in [1.165, 1.54) is 10.4 Å². The molecule has 3 heterocycles. The second-order valence-electron chi connectivity index (χ2n) is 5.89. The molecule has 0 fully saturated rings. The van der Waals surface area contributed by atoms with Crippen LogP contribution in [0.2, 0.25) is 0 Å². The van der Waals surface area contributed by atoms with Gasteiger partial charge in [0.1, 0.15) is 15.8 Å². The first-order valence-electron chi connectivity index (χ1n) is 8.38. The van der Waals surface area contributed by atoms with Gasteiger partial charge in [0.15, 0.2) is 0 Å². The van der Waals surface area contributed by atoms with Gasteiger partial charge in [-0.25, -0.2) is 4.98 Å². The summed E-state index contributed by atoms with van der Waals surface area (Å²) in [7, 11) is 0. The largest absolute Gasteiger partial charge is 0.396 e. The molecule has 4 aromatic rings. The van der Waals surface area contributed by atoms with E-state index in [2.05, 4.69) is 56.1 Å². The van der Waals surface area contributed by atoms with Crippen molar-refractivity contribution < 1.29 is 5.11 Å². The number of imidazole rings is 1. The summed E-state index contributed by atoms with van der Waals surface area (Å²) in [5.74, 6) is 0.950. The van der Waals surface area contributed by atoms with E-state index in [-0.39, 0.29) is 6.61 Å². The molecule has 0 unspecified atom stereocenters. The Bertz CT molecular complexity index is 1020. The molecule has 0 saturated carbocycles. The summed E-state index contributed by atoms with van der Waals surface area (Å²) in [6.07, 6.45) is 4.50. The van der Waals surface area contributed by atoms with Crippen molar-refractivity contribution in [1.29, 1.82) is 0 Å². The Balaban J connectivity index is 1.64. The van der Waals surface area contributed by atoms with Gasteiger partial charge in [-0.1, -0.05) is 29.5 Å². The number of aliphatic hydroxyl groups is 1. The van der Waals surface area contributed by atoms with Crippen LogP contribution in [0.15, 0.2) is 48.8 Å². The van der Waals surface area contributed by atoms with Gasteiger partial charge in [-0.15, -0.1) is 21.5 Å². The molecule has 0 aliphatic heterocycles. The van der Waals surface area contributed by atoms with Crippen LogP contribution in [0, 0.1) is 6.92 Å². The van der Waals surface area contributed by atoms with Crippen molar-refractivity contribution in [3.8, 4) is 31.7 Å². The van der Waals surface area contributed by atoms with Gasteiger partial charge in [-0.3, -0.25) is 0 Å². The molecule has 0 amide bonds. The molecule has 5 nitrogen and oxygen atoms in total. The highest BCUT2D eigenvalue weighted by atomic mass is 32.1. The normalized spacial score (nSPS) is 11.2. The molecule has 7 heteroatoms. The molecule has 0 radical (unpaired) electrons. The third-order valence-electron chi connectivity index (χ3n) is 4.02. The van der Waals surface area contributed by atoms with Crippen molar-refractivity contribution in [3.05, 3.63) is 53.8 Å². The maximum absolute atomic E-state index is 9.06. The number of hydrogen-bond acceptors (Lipinski definition) is 6. The van der Waals surface area contributed by atoms with Crippen LogP contribution in [0.1, 0.15) is 11.4 Å². The molecule has 4 rings (SSSR count). The predicted octanol–water partition coefficient (Wildman–Crippen LogP) is 4.49. The highest BCUT2D eigenvalue weighted by molar-refractivity contribution is 7.18. The third kappa shape index (κ3) is 3.46. The third-order valence-corrected chi connectivity index (χ3v) is 6.04. The summed E-state index contributed by atoms with van der Waals surface area (Å²) in [6, 6.07) is 12.6. The number of aliphatic hydroxyl groups excluding tert-OH is 1. The molecule has 0 spiro atoms. The summed E-state index contributed by atoms with van der Waals surface area (Å²) in [4.78, 5) is 6.81. The molecule has 1 aromatic carbocycles. The molecule has 0 saturated heterocycles. The minimum Gasteiger partial charge on any atom is -0.396 e. The Morgan fingerprint density at radius 2 is 1.88 bits per heavy atom. The first kappa shape index (κ1) is 17.1. The van der Waals surface area contributed by atoms with E-state index in [0.29, 0.717) is 0 Å². The molecule has 26 heavy (non-hydrogen) atoms. The van der Waals surface area contributed by atoms with Crippen molar-refractivity contribution in [1.82, 2.24) is 19.7 Å². The number of aromatic nitrogens is 4. The number of thiophene rings is 1. The average molecular weight is 383 g/mol. The van der Waals surface area contributed by atoms with Gasteiger partial charge in [-0.2, -0.15) is 0 Å². The topological polar surface area (TPSA) is 63.8 Å². The number of rotatable bonds is 6. The van der Waals surface area contributed by atoms with Crippen LogP contribution in [-0.4, -0.2) is 31.5 Å². The number of benzene rings is 1. The van der Waals surface area contributed by atoms with Gasteiger partial charge >= 0.3 is 0 Å². The van der Waals surface area contributed by atoms with Crippen molar-refractivity contribution in [2.45, 2.75) is 19.9 Å². The van der Waals surface area contributed by atoms with Crippen LogP contribution in [0.25, 0.3) is 31.7 Å². The predicted molar refractivity (Wildman–Crippen MR) is 106 cm³/mol. The van der Waals surface area contributed by atoms with Crippen LogP contribution in [0.5, 0.6) is 0 Å². The zero-order chi connectivity index (χ0) is 17.9. The van der Waals surface area contributed by atoms with E-state index in [9.17, 15) is 0 Å². The van der Waals surface area contributed by atoms with E-state index < -0.39 is 0 Å². The Hall–Kier alpha value is -2.35. The van der Waals surface area contributed by atoms with Crippen LogP contribution in [0.3, 0.4) is 0 Å². The van der Waals surface area contributed by atoms with E-state index in [4.69, 9.17) is 5.11 Å². The molecular formula is C19H18N4OS2. The lowest BCUT2D eigenvalue weighted by atomic mass is 10.1. The van der Waals surface area contributed by atoms with Gasteiger partial charge in [0.2, 0.25) is 0 Å². The van der Waals surface area contributed by atoms with Gasteiger partial charge in [-0.05, 0) is 37.1 Å². The average Bonchev–Trinajstić information content (AvgIpc) is 3.40. The first-order chi connectivity index (χ1) is 12.7. The zero-order valence-electron chi connectivity index (χ0n) is 14.3. The Morgan fingerprint density at radius 1 is 1.04 bits per heavy atom. The molecule has 0 aliphatic rings. The highest BCUT2D eigenvalue weighted by Crippen LogP contribution is 2.35. The van der Waals surface area contributed by atoms with Gasteiger partial charge in [0, 0.05) is 36.0 Å². The monoisotopic (exact) mass is 382 g/mol. The molecule has 0 atom stereocenters. The number of aryl methyl sites for hydroxylation is 2. The maximum Gasteiger partial charge on any atom is 0.150 e. The fourth-order valence-corrected chi connectivity index (χ4v) is 4.49. The maximum atomic E-state index is 9.06. The summed E-state index contributed by atoms with van der Waals surface area (Å²) in [5, 5.41) is 19.3. The lowest BCUT2D eigenvalue weighted by Crippen LogP contribution is -2.00. The number of hydrogen-bond donors (Lipinski definition) is 1. The van der Waals surface area contributed by atoms with Crippen LogP contribution >= 0.6 is 22.7 Å². The van der Waals surface area contributed by atoms with Crippen molar-refractivity contribution in [3.63, 3.8) is 0 Å². The summed E-state index contributed by atoms with van der Waals surface area (Å²) in [6.45, 7) is 2.92. The van der Waals surface area contributed by atoms with E-state index >= 15 is 0 Å². The molecular weight excluding hydrogens is 364 g/mol. The zero-order valence-corrected chi connectivity index (χ0v) is 15.9. The summed E-state index contributed by atoms with van der Waals surface area (Å²) in [5.41, 5.74) is 2.26. The van der Waals surface area contributed by atoms with Gasteiger partial charge in [0.05, 0.1) is 4.88 Å². The first-order valence-corrected chi connectivity index (χ1v) is 10.0. The smallest absolute Gasteiger partial charge is 0.150 e. The highest BCUT2D eigenvalue weighted by Gasteiger charge is 2.11. The van der Waals surface area contributed by atoms with E-state index in [0.717, 1.165) is 39.2 Å². The van der Waals surface area contributed by atoms with Gasteiger partial charge < -0.3 is 9.67 Å². The lowest BCUT2D eigenvalue weighted by molar-refractivity contribution is 0.280. The second-order valence-corrected chi connectivity index (χ2v) is 8.16. The van der Waals surface area contributed by atoms with Crippen molar-refractivity contribution in [2.75, 3.05) is 6.61 Å². The van der Waals surface area contributed by atoms with Crippen molar-refractivity contribution >= 4 is 22.7 Å². The fourth-order valence-electron chi connectivity index (χ4n) is 2.79. The van der Waals surface area contributed by atoms with Crippen LogP contribution in [-0.2, 0) is 6.54 Å². The lowest BCUT2D eigenvalue weighted by Gasteiger charge is -2.04. The molecule has 132 valence electrons. The minimum absolute atomic E-state index is 0.186.